The number of carbonyl (C=O) groups is 1. The minimum absolute atomic E-state index is 0.0421. The Morgan fingerprint density at radius 1 is 1.53 bits per heavy atom. The van der Waals surface area contributed by atoms with E-state index < -0.39 is 11.7 Å². The Balaban J connectivity index is 2.68. The monoisotopic (exact) mass is 230 g/mol. The second-order valence-corrected chi connectivity index (χ2v) is 3.46. The fourth-order valence-electron chi connectivity index (χ4n) is 1.07. The first kappa shape index (κ1) is 11.9. The molecule has 0 aromatic heterocycles. The molecule has 0 spiro atoms. The Morgan fingerprint density at radius 3 is 2.93 bits per heavy atom. The molecule has 0 heterocycles. The SMILES string of the molecule is NCCCNC(=O)c1cc(Cl)ccc1F. The highest BCUT2D eigenvalue weighted by molar-refractivity contribution is 6.30. The van der Waals surface area contributed by atoms with Gasteiger partial charge in [-0.3, -0.25) is 4.79 Å². The predicted molar refractivity (Wildman–Crippen MR) is 57.4 cm³/mol. The van der Waals surface area contributed by atoms with Gasteiger partial charge >= 0.3 is 0 Å². The molecule has 15 heavy (non-hydrogen) atoms. The van der Waals surface area contributed by atoms with Gasteiger partial charge in [0.2, 0.25) is 0 Å². The zero-order valence-corrected chi connectivity index (χ0v) is 8.85. The van der Waals surface area contributed by atoms with E-state index in [2.05, 4.69) is 5.32 Å². The fourth-order valence-corrected chi connectivity index (χ4v) is 1.24. The molecule has 0 saturated heterocycles. The maximum atomic E-state index is 13.2. The van der Waals surface area contributed by atoms with Gasteiger partial charge in [-0.15, -0.1) is 0 Å². The van der Waals surface area contributed by atoms with Crippen LogP contribution >= 0.6 is 11.6 Å². The Labute approximate surface area is 92.4 Å². The van der Waals surface area contributed by atoms with Gasteiger partial charge in [-0.1, -0.05) is 11.6 Å². The fraction of sp³-hybridized carbons (Fsp3) is 0.300. The van der Waals surface area contributed by atoms with Crippen molar-refractivity contribution in [2.24, 2.45) is 5.73 Å². The number of nitrogens with one attached hydrogen (secondary N) is 1. The summed E-state index contributed by atoms with van der Waals surface area (Å²) in [5.74, 6) is -1.05. The second-order valence-electron chi connectivity index (χ2n) is 3.02. The Bertz CT molecular complexity index is 357. The first-order chi connectivity index (χ1) is 7.15. The molecule has 0 bridgehead atoms. The highest BCUT2D eigenvalue weighted by atomic mass is 35.5. The summed E-state index contributed by atoms with van der Waals surface area (Å²) in [6, 6.07) is 3.86. The van der Waals surface area contributed by atoms with Crippen LogP contribution in [0.5, 0.6) is 0 Å². The number of amides is 1. The zero-order valence-electron chi connectivity index (χ0n) is 8.09. The Morgan fingerprint density at radius 2 is 2.27 bits per heavy atom. The van der Waals surface area contributed by atoms with Crippen LogP contribution in [0.25, 0.3) is 0 Å². The second kappa shape index (κ2) is 5.68. The van der Waals surface area contributed by atoms with Crippen molar-refractivity contribution in [3.63, 3.8) is 0 Å². The summed E-state index contributed by atoms with van der Waals surface area (Å²) in [6.07, 6.45) is 0.661. The number of hydrogen-bond acceptors (Lipinski definition) is 2. The number of benzene rings is 1. The predicted octanol–water partition coefficient (Wildman–Crippen LogP) is 1.56. The molecule has 0 aliphatic rings. The van der Waals surface area contributed by atoms with E-state index in [1.807, 2.05) is 0 Å². The third-order valence-corrected chi connectivity index (χ3v) is 2.07. The highest BCUT2D eigenvalue weighted by Gasteiger charge is 2.11. The van der Waals surface area contributed by atoms with Crippen molar-refractivity contribution in [1.82, 2.24) is 5.32 Å². The maximum absolute atomic E-state index is 13.2. The standard InChI is InChI=1S/C10H12ClFN2O/c11-7-2-3-9(12)8(6-7)10(15)14-5-1-4-13/h2-3,6H,1,4-5,13H2,(H,14,15). The van der Waals surface area contributed by atoms with Crippen LogP contribution in [0.15, 0.2) is 18.2 Å². The smallest absolute Gasteiger partial charge is 0.254 e. The maximum Gasteiger partial charge on any atom is 0.254 e. The first-order valence-corrected chi connectivity index (χ1v) is 4.96. The molecule has 3 nitrogen and oxygen atoms in total. The summed E-state index contributed by atoms with van der Waals surface area (Å²) < 4.78 is 13.2. The normalized spacial score (nSPS) is 10.1. The number of nitrogens with two attached hydrogens (primary N) is 1. The molecule has 0 atom stereocenters. The molecular weight excluding hydrogens is 219 g/mol. The van der Waals surface area contributed by atoms with Crippen LogP contribution in [-0.2, 0) is 0 Å². The molecule has 82 valence electrons. The van der Waals surface area contributed by atoms with Gasteiger partial charge in [0.05, 0.1) is 5.56 Å². The third kappa shape index (κ3) is 3.49. The van der Waals surface area contributed by atoms with E-state index in [0.717, 1.165) is 0 Å². The number of rotatable bonds is 4. The van der Waals surface area contributed by atoms with Crippen molar-refractivity contribution in [3.05, 3.63) is 34.6 Å². The van der Waals surface area contributed by atoms with Gasteiger partial charge in [0, 0.05) is 11.6 Å². The Hall–Kier alpha value is -1.13. The van der Waals surface area contributed by atoms with E-state index in [1.165, 1.54) is 18.2 Å². The topological polar surface area (TPSA) is 55.1 Å². The van der Waals surface area contributed by atoms with Crippen LogP contribution in [0.4, 0.5) is 4.39 Å². The molecule has 1 amide bonds. The molecule has 0 unspecified atom stereocenters. The molecule has 0 saturated carbocycles. The quantitative estimate of drug-likeness (QED) is 0.772. The van der Waals surface area contributed by atoms with Crippen molar-refractivity contribution >= 4 is 17.5 Å². The molecular formula is C10H12ClFN2O. The van der Waals surface area contributed by atoms with E-state index in [0.29, 0.717) is 24.5 Å². The lowest BCUT2D eigenvalue weighted by Gasteiger charge is -2.05. The van der Waals surface area contributed by atoms with Crippen LogP contribution in [0.2, 0.25) is 5.02 Å². The molecule has 1 aromatic rings. The molecule has 0 aliphatic heterocycles. The average molecular weight is 231 g/mol. The van der Waals surface area contributed by atoms with Gasteiger partial charge in [-0.05, 0) is 31.2 Å². The molecule has 0 aliphatic carbocycles. The number of halogens is 2. The van der Waals surface area contributed by atoms with Crippen molar-refractivity contribution in [2.75, 3.05) is 13.1 Å². The van der Waals surface area contributed by atoms with Crippen LogP contribution in [0, 0.1) is 5.82 Å². The zero-order chi connectivity index (χ0) is 11.3. The van der Waals surface area contributed by atoms with E-state index in [-0.39, 0.29) is 5.56 Å². The lowest BCUT2D eigenvalue weighted by Crippen LogP contribution is -2.26. The van der Waals surface area contributed by atoms with Gasteiger partial charge in [0.1, 0.15) is 5.82 Å². The van der Waals surface area contributed by atoms with E-state index in [1.54, 1.807) is 0 Å². The molecule has 1 aromatic carbocycles. The molecule has 0 fully saturated rings. The summed E-state index contributed by atoms with van der Waals surface area (Å²) >= 11 is 5.66. The summed E-state index contributed by atoms with van der Waals surface area (Å²) in [6.45, 7) is 0.916. The van der Waals surface area contributed by atoms with E-state index in [4.69, 9.17) is 17.3 Å². The first-order valence-electron chi connectivity index (χ1n) is 4.58. The summed E-state index contributed by atoms with van der Waals surface area (Å²) in [5.41, 5.74) is 5.22. The summed E-state index contributed by atoms with van der Waals surface area (Å²) in [5, 5.41) is 2.88. The average Bonchev–Trinajstić information content (AvgIpc) is 2.22. The van der Waals surface area contributed by atoms with Gasteiger partial charge < -0.3 is 11.1 Å². The summed E-state index contributed by atoms with van der Waals surface area (Å²) in [4.78, 5) is 11.4. The minimum atomic E-state index is -0.579. The number of carbonyl (C=O) groups excluding carboxylic acids is 1. The number of hydrogen-bond donors (Lipinski definition) is 2. The lowest BCUT2D eigenvalue weighted by molar-refractivity contribution is 0.0949. The van der Waals surface area contributed by atoms with Crippen molar-refractivity contribution < 1.29 is 9.18 Å². The van der Waals surface area contributed by atoms with Crippen molar-refractivity contribution in [2.45, 2.75) is 6.42 Å². The van der Waals surface area contributed by atoms with Gasteiger partial charge in [-0.2, -0.15) is 0 Å². The van der Waals surface area contributed by atoms with Gasteiger partial charge in [-0.25, -0.2) is 4.39 Å². The van der Waals surface area contributed by atoms with Crippen LogP contribution < -0.4 is 11.1 Å². The van der Waals surface area contributed by atoms with Crippen LogP contribution in [0.3, 0.4) is 0 Å². The van der Waals surface area contributed by atoms with Crippen LogP contribution in [0.1, 0.15) is 16.8 Å². The van der Waals surface area contributed by atoms with Crippen molar-refractivity contribution in [1.29, 1.82) is 0 Å². The Kier molecular flexibility index (Phi) is 4.52. The molecule has 0 radical (unpaired) electrons. The largest absolute Gasteiger partial charge is 0.352 e. The molecule has 1 rings (SSSR count). The molecule has 5 heteroatoms. The van der Waals surface area contributed by atoms with Crippen LogP contribution in [-0.4, -0.2) is 19.0 Å². The van der Waals surface area contributed by atoms with E-state index >= 15 is 0 Å². The summed E-state index contributed by atoms with van der Waals surface area (Å²) in [7, 11) is 0. The van der Waals surface area contributed by atoms with Crippen molar-refractivity contribution in [3.8, 4) is 0 Å². The van der Waals surface area contributed by atoms with Gasteiger partial charge in [0.25, 0.3) is 5.91 Å². The lowest BCUT2D eigenvalue weighted by atomic mass is 10.2. The van der Waals surface area contributed by atoms with Gasteiger partial charge in [0.15, 0.2) is 0 Å². The minimum Gasteiger partial charge on any atom is -0.352 e. The molecule has 3 N–H and O–H groups in total. The third-order valence-electron chi connectivity index (χ3n) is 1.84. The van der Waals surface area contributed by atoms with E-state index in [9.17, 15) is 9.18 Å². The highest BCUT2D eigenvalue weighted by Crippen LogP contribution is 2.14.